The lowest BCUT2D eigenvalue weighted by Gasteiger charge is -2.14. The summed E-state index contributed by atoms with van der Waals surface area (Å²) in [6.45, 7) is 6.00. The van der Waals surface area contributed by atoms with Gasteiger partial charge in [0.15, 0.2) is 0 Å². The number of hydrogen-bond acceptors (Lipinski definition) is 6. The minimum atomic E-state index is -0.653. The first kappa shape index (κ1) is 22.2. The first-order valence-corrected chi connectivity index (χ1v) is 10.5. The summed E-state index contributed by atoms with van der Waals surface area (Å²) in [6, 6.07) is 14.4. The molecule has 0 unspecified atom stereocenters. The number of esters is 1. The van der Waals surface area contributed by atoms with Gasteiger partial charge in [-0.25, -0.2) is 19.0 Å². The molecule has 33 heavy (non-hydrogen) atoms. The Morgan fingerprint density at radius 2 is 1.94 bits per heavy atom. The van der Waals surface area contributed by atoms with Crippen molar-refractivity contribution in [1.82, 2.24) is 4.98 Å². The number of aryl methyl sites for hydroxylation is 1. The smallest absolute Gasteiger partial charge is 0.342 e. The van der Waals surface area contributed by atoms with E-state index in [1.165, 1.54) is 24.4 Å². The van der Waals surface area contributed by atoms with E-state index in [2.05, 4.69) is 24.1 Å². The first-order chi connectivity index (χ1) is 15.8. The van der Waals surface area contributed by atoms with Crippen LogP contribution in [0.3, 0.4) is 0 Å². The van der Waals surface area contributed by atoms with Crippen LogP contribution in [0, 0.1) is 12.7 Å². The summed E-state index contributed by atoms with van der Waals surface area (Å²) in [4.78, 5) is 29.1. The summed E-state index contributed by atoms with van der Waals surface area (Å²) in [5, 5.41) is 3.55. The number of halogens is 1. The van der Waals surface area contributed by atoms with Crippen molar-refractivity contribution in [2.45, 2.75) is 33.3 Å². The number of anilines is 2. The van der Waals surface area contributed by atoms with Gasteiger partial charge in [-0.3, -0.25) is 0 Å². The molecule has 4 aromatic rings. The zero-order chi connectivity index (χ0) is 23.5. The van der Waals surface area contributed by atoms with Crippen LogP contribution in [0.1, 0.15) is 46.8 Å². The first-order valence-electron chi connectivity index (χ1n) is 10.5. The molecular weight excluding hydrogens is 423 g/mol. The van der Waals surface area contributed by atoms with Crippen molar-refractivity contribution in [2.24, 2.45) is 0 Å². The van der Waals surface area contributed by atoms with Crippen molar-refractivity contribution in [1.29, 1.82) is 0 Å². The van der Waals surface area contributed by atoms with Crippen LogP contribution in [0.5, 0.6) is 0 Å². The van der Waals surface area contributed by atoms with Crippen molar-refractivity contribution in [3.8, 4) is 0 Å². The molecule has 2 heterocycles. The van der Waals surface area contributed by atoms with Crippen LogP contribution in [0.15, 0.2) is 70.0 Å². The van der Waals surface area contributed by atoms with Gasteiger partial charge in [-0.15, -0.1) is 0 Å². The van der Waals surface area contributed by atoms with Gasteiger partial charge in [0.05, 0.1) is 5.69 Å². The molecule has 0 aliphatic carbocycles. The Kier molecular flexibility index (Phi) is 6.22. The molecule has 0 aliphatic heterocycles. The second-order valence-electron chi connectivity index (χ2n) is 8.03. The lowest BCUT2D eigenvalue weighted by molar-refractivity contribution is 0.0474. The van der Waals surface area contributed by atoms with E-state index in [4.69, 9.17) is 9.15 Å². The van der Waals surface area contributed by atoms with E-state index < -0.39 is 17.4 Å². The third-order valence-corrected chi connectivity index (χ3v) is 5.35. The highest BCUT2D eigenvalue weighted by atomic mass is 19.1. The summed E-state index contributed by atoms with van der Waals surface area (Å²) < 4.78 is 24.9. The van der Waals surface area contributed by atoms with Gasteiger partial charge < -0.3 is 14.5 Å². The van der Waals surface area contributed by atoms with Crippen LogP contribution in [-0.4, -0.2) is 11.0 Å². The molecule has 7 heteroatoms. The molecule has 0 saturated heterocycles. The highest BCUT2D eigenvalue weighted by molar-refractivity contribution is 5.95. The minimum absolute atomic E-state index is 0.129. The fraction of sp³-hybridized carbons (Fsp3) is 0.192. The fourth-order valence-corrected chi connectivity index (χ4v) is 3.71. The number of pyridine rings is 1. The molecule has 0 spiro atoms. The average molecular weight is 446 g/mol. The molecule has 0 bridgehead atoms. The maximum absolute atomic E-state index is 14.0. The highest BCUT2D eigenvalue weighted by Crippen LogP contribution is 2.28. The standard InChI is InChI=1S/C26H23FN2O4/c1-15(2)19-13-20-17(12-24(30)33-23(20)11-16(19)3)14-32-26(31)18-7-6-10-28-25(18)29-22-9-5-4-8-21(22)27/h4-13,15H,14H2,1-3H3,(H,28,29). The van der Waals surface area contributed by atoms with Gasteiger partial charge in [0.25, 0.3) is 0 Å². The molecule has 1 N–H and O–H groups in total. The van der Waals surface area contributed by atoms with E-state index in [0.717, 1.165) is 11.1 Å². The van der Waals surface area contributed by atoms with Crippen LogP contribution in [0.4, 0.5) is 15.9 Å². The molecule has 0 fully saturated rings. The summed E-state index contributed by atoms with van der Waals surface area (Å²) >= 11 is 0. The third-order valence-electron chi connectivity index (χ3n) is 5.35. The molecular formula is C26H23FN2O4. The van der Waals surface area contributed by atoms with Gasteiger partial charge in [0, 0.05) is 23.2 Å². The molecule has 0 saturated carbocycles. The van der Waals surface area contributed by atoms with E-state index in [9.17, 15) is 14.0 Å². The Labute approximate surface area is 190 Å². The Bertz CT molecular complexity index is 1390. The monoisotopic (exact) mass is 446 g/mol. The van der Waals surface area contributed by atoms with Crippen molar-refractivity contribution < 1.29 is 18.3 Å². The number of para-hydroxylation sites is 1. The Balaban J connectivity index is 1.62. The largest absolute Gasteiger partial charge is 0.457 e. The number of aromatic nitrogens is 1. The predicted octanol–water partition coefficient (Wildman–Crippen LogP) is 5.86. The number of nitrogens with one attached hydrogen (secondary N) is 1. The van der Waals surface area contributed by atoms with Gasteiger partial charge in [-0.05, 0) is 60.4 Å². The van der Waals surface area contributed by atoms with Gasteiger partial charge >= 0.3 is 11.6 Å². The predicted molar refractivity (Wildman–Crippen MR) is 124 cm³/mol. The van der Waals surface area contributed by atoms with Crippen molar-refractivity contribution in [3.05, 3.63) is 99.3 Å². The summed E-state index contributed by atoms with van der Waals surface area (Å²) in [5.74, 6) is -0.678. The quantitative estimate of drug-likeness (QED) is 0.295. The SMILES string of the molecule is Cc1cc2oc(=O)cc(COC(=O)c3cccnc3Nc3ccccc3F)c2cc1C(C)C. The number of carbonyl (C=O) groups excluding carboxylic acids is 1. The lowest BCUT2D eigenvalue weighted by Crippen LogP contribution is -2.11. The topological polar surface area (TPSA) is 81.4 Å². The van der Waals surface area contributed by atoms with Gasteiger partial charge in [-0.1, -0.05) is 26.0 Å². The van der Waals surface area contributed by atoms with Crippen LogP contribution in [0.2, 0.25) is 0 Å². The summed E-state index contributed by atoms with van der Waals surface area (Å²) in [6.07, 6.45) is 1.49. The Morgan fingerprint density at radius 3 is 2.70 bits per heavy atom. The van der Waals surface area contributed by atoms with Crippen LogP contribution in [-0.2, 0) is 11.3 Å². The summed E-state index contributed by atoms with van der Waals surface area (Å²) in [5.41, 5.74) is 2.94. The van der Waals surface area contributed by atoms with E-state index in [1.807, 2.05) is 19.1 Å². The van der Waals surface area contributed by atoms with Gasteiger partial charge in [-0.2, -0.15) is 0 Å². The number of nitrogens with zero attached hydrogens (tertiary/aromatic N) is 1. The third kappa shape index (κ3) is 4.77. The molecule has 168 valence electrons. The zero-order valence-corrected chi connectivity index (χ0v) is 18.5. The molecule has 0 atom stereocenters. The number of hydrogen-bond donors (Lipinski definition) is 1. The van der Waals surface area contributed by atoms with Gasteiger partial charge in [0.1, 0.15) is 29.4 Å². The second-order valence-corrected chi connectivity index (χ2v) is 8.03. The number of benzene rings is 2. The number of ether oxygens (including phenoxy) is 1. The Morgan fingerprint density at radius 1 is 1.15 bits per heavy atom. The van der Waals surface area contributed by atoms with E-state index in [1.54, 1.807) is 24.3 Å². The molecule has 0 radical (unpaired) electrons. The molecule has 6 nitrogen and oxygen atoms in total. The van der Waals surface area contributed by atoms with E-state index >= 15 is 0 Å². The summed E-state index contributed by atoms with van der Waals surface area (Å²) in [7, 11) is 0. The maximum atomic E-state index is 14.0. The Hall–Kier alpha value is -4.00. The molecule has 0 aliphatic rings. The molecule has 4 rings (SSSR count). The average Bonchev–Trinajstić information content (AvgIpc) is 2.78. The van der Waals surface area contributed by atoms with Gasteiger partial charge in [0.2, 0.25) is 0 Å². The second kappa shape index (κ2) is 9.24. The zero-order valence-electron chi connectivity index (χ0n) is 18.5. The van der Waals surface area contributed by atoms with E-state index in [0.29, 0.717) is 16.5 Å². The van der Waals surface area contributed by atoms with Crippen LogP contribution < -0.4 is 10.9 Å². The van der Waals surface area contributed by atoms with Crippen LogP contribution in [0.25, 0.3) is 11.0 Å². The minimum Gasteiger partial charge on any atom is -0.457 e. The molecule has 0 amide bonds. The fourth-order valence-electron chi connectivity index (χ4n) is 3.71. The van der Waals surface area contributed by atoms with Crippen LogP contribution >= 0.6 is 0 Å². The number of rotatable bonds is 6. The maximum Gasteiger partial charge on any atom is 0.342 e. The normalized spacial score (nSPS) is 11.1. The lowest BCUT2D eigenvalue weighted by atomic mass is 9.95. The van der Waals surface area contributed by atoms with Crippen molar-refractivity contribution in [3.63, 3.8) is 0 Å². The highest BCUT2D eigenvalue weighted by Gasteiger charge is 2.17. The number of carbonyl (C=O) groups is 1. The molecule has 2 aromatic carbocycles. The van der Waals surface area contributed by atoms with Crippen molar-refractivity contribution in [2.75, 3.05) is 5.32 Å². The number of fused-ring (bicyclic) bond motifs is 1. The van der Waals surface area contributed by atoms with E-state index in [-0.39, 0.29) is 29.6 Å². The van der Waals surface area contributed by atoms with Crippen molar-refractivity contribution >= 4 is 28.4 Å². The molecule has 2 aromatic heterocycles.